The minimum atomic E-state index is -0.614. The van der Waals surface area contributed by atoms with Gasteiger partial charge in [0, 0.05) is 53.1 Å². The number of azo groups is 2. The molecule has 18 heteroatoms. The molecular formula is C32H24CrN8NaO8+. The summed E-state index contributed by atoms with van der Waals surface area (Å²) in [6, 6.07) is 26.5. The minimum absolute atomic E-state index is 0. The fourth-order valence-electron chi connectivity index (χ4n) is 4.35. The van der Waals surface area contributed by atoms with Crippen molar-refractivity contribution in [1.29, 1.82) is 0 Å². The van der Waals surface area contributed by atoms with Crippen LogP contribution in [0.3, 0.4) is 0 Å². The summed E-state index contributed by atoms with van der Waals surface area (Å²) >= 11 is 0. The van der Waals surface area contributed by atoms with Crippen molar-refractivity contribution >= 4 is 44.9 Å². The first-order chi connectivity index (χ1) is 23.0. The monoisotopic (exact) mass is 723 g/mol. The normalized spacial score (nSPS) is 10.7. The molecule has 0 amide bonds. The summed E-state index contributed by atoms with van der Waals surface area (Å²) in [5.74, 6) is -0.893. The summed E-state index contributed by atoms with van der Waals surface area (Å²) in [7, 11) is 0. The Bertz CT molecular complexity index is 2230. The second kappa shape index (κ2) is 17.1. The van der Waals surface area contributed by atoms with Crippen LogP contribution in [-0.4, -0.2) is 30.3 Å². The fourth-order valence-corrected chi connectivity index (χ4v) is 4.35. The zero-order chi connectivity index (χ0) is 34.4. The van der Waals surface area contributed by atoms with Crippen molar-refractivity contribution in [3.8, 4) is 28.8 Å². The maximum Gasteiger partial charge on any atom is 1.00 e. The van der Waals surface area contributed by atoms with Gasteiger partial charge in [0.05, 0.1) is 15.9 Å². The van der Waals surface area contributed by atoms with Gasteiger partial charge in [-0.05, 0) is 23.6 Å². The minimum Gasteiger partial charge on any atom is -0.506 e. The van der Waals surface area contributed by atoms with Crippen LogP contribution in [0.1, 0.15) is 5.69 Å². The van der Waals surface area contributed by atoms with Crippen LogP contribution in [0, 0.1) is 27.2 Å². The third kappa shape index (κ3) is 8.85. The molecule has 0 saturated heterocycles. The number of nitro benzene ring substituents is 2. The number of aromatic hydroxyl groups is 4. The molecule has 5 aromatic carbocycles. The molecular weight excluding hydrogens is 699 g/mol. The van der Waals surface area contributed by atoms with Crippen LogP contribution in [0.5, 0.6) is 23.1 Å². The van der Waals surface area contributed by atoms with Crippen LogP contribution in [-0.2, 0) is 17.4 Å². The van der Waals surface area contributed by atoms with Gasteiger partial charge in [-0.25, -0.2) is 0 Å². The zero-order valence-electron chi connectivity index (χ0n) is 26.2. The number of aromatic nitrogens is 2. The van der Waals surface area contributed by atoms with Crippen LogP contribution in [0.15, 0.2) is 124 Å². The number of hydrogen-bond acceptors (Lipinski definition) is 12. The van der Waals surface area contributed by atoms with E-state index in [0.29, 0.717) is 16.8 Å². The zero-order valence-corrected chi connectivity index (χ0v) is 29.5. The first-order valence-corrected chi connectivity index (χ1v) is 13.9. The third-order valence-corrected chi connectivity index (χ3v) is 6.74. The molecule has 1 heterocycles. The molecule has 0 aliphatic heterocycles. The molecule has 246 valence electrons. The van der Waals surface area contributed by atoms with E-state index in [1.54, 1.807) is 43.3 Å². The van der Waals surface area contributed by atoms with Crippen molar-refractivity contribution in [2.75, 3.05) is 0 Å². The molecule has 0 saturated carbocycles. The molecule has 6 rings (SSSR count). The molecule has 0 aliphatic carbocycles. The number of para-hydroxylation sites is 1. The largest absolute Gasteiger partial charge is 1.00 e. The Morgan fingerprint density at radius 2 is 1.22 bits per heavy atom. The van der Waals surface area contributed by atoms with Crippen LogP contribution < -0.4 is 39.3 Å². The predicted octanol–water partition coefficient (Wildman–Crippen LogP) is 4.54. The van der Waals surface area contributed by atoms with Crippen molar-refractivity contribution in [2.24, 2.45) is 20.5 Å². The molecule has 1 aromatic heterocycles. The Morgan fingerprint density at radius 3 is 1.90 bits per heavy atom. The Balaban J connectivity index is 0.000000261. The third-order valence-electron chi connectivity index (χ3n) is 6.74. The number of phenolic OH excluding ortho intramolecular Hbond substituents is 3. The van der Waals surface area contributed by atoms with Crippen molar-refractivity contribution < 1.29 is 81.9 Å². The number of nitrogens with zero attached hydrogens (tertiary/aromatic N) is 8. The van der Waals surface area contributed by atoms with Gasteiger partial charge >= 0.3 is 35.4 Å². The summed E-state index contributed by atoms with van der Waals surface area (Å²) in [5, 5.41) is 82.6. The number of fused-ring (bicyclic) bond motifs is 1. The molecule has 0 unspecified atom stereocenters. The summed E-state index contributed by atoms with van der Waals surface area (Å²) in [6.07, 6.45) is 0. The number of aryl methyl sites for hydroxylation is 1. The SMILES string of the molecule is Cc1[n-][n+](-c2ccccc2)c(O)c1N=Nc1cc([N+](=O)[O-])ccc1O.O=[N+]([O-])c1ccc(N=Nc2c(O)ccc3ccccc23)c(O)c1.[Cr].[Na+]. The van der Waals surface area contributed by atoms with Crippen LogP contribution in [0.25, 0.3) is 16.5 Å². The quantitative estimate of drug-likeness (QED) is 0.0594. The van der Waals surface area contributed by atoms with Crippen molar-refractivity contribution in [3.05, 3.63) is 129 Å². The van der Waals surface area contributed by atoms with Gasteiger partial charge in [0.1, 0.15) is 34.3 Å². The van der Waals surface area contributed by atoms with E-state index in [2.05, 4.69) is 25.6 Å². The van der Waals surface area contributed by atoms with Crippen molar-refractivity contribution in [2.45, 2.75) is 6.92 Å². The second-order valence-corrected chi connectivity index (χ2v) is 9.92. The van der Waals surface area contributed by atoms with E-state index in [1.807, 2.05) is 24.3 Å². The standard InChI is InChI=1S/C16H13N5O4.C16H11N3O4.Cr.Na/c1-10-15(16(23)20(19-10)11-5-3-2-4-6-11)18-17-13-9-12(21(24)25)7-8-14(13)22;20-14-8-5-10-3-1-2-4-12(10)16(14)18-17-13-7-6-11(19(22)23)9-15(13)21;;/h2-9,22-23H,1H3;1-9,20-21H;;/q;;;+1. The van der Waals surface area contributed by atoms with E-state index < -0.39 is 9.85 Å². The summed E-state index contributed by atoms with van der Waals surface area (Å²) < 4.78 is 1.30. The van der Waals surface area contributed by atoms with Gasteiger partial charge in [0.2, 0.25) is 5.69 Å². The topological polar surface area (TPSA) is 235 Å². The molecule has 0 radical (unpaired) electrons. The Labute approximate surface area is 315 Å². The molecule has 0 spiro atoms. The van der Waals surface area contributed by atoms with Gasteiger partial charge in [-0.3, -0.25) is 20.2 Å². The van der Waals surface area contributed by atoms with Gasteiger partial charge in [-0.1, -0.05) is 61.1 Å². The number of rotatable bonds is 7. The fraction of sp³-hybridized carbons (Fsp3) is 0.0312. The van der Waals surface area contributed by atoms with Gasteiger partial charge in [0.15, 0.2) is 5.69 Å². The second-order valence-electron chi connectivity index (χ2n) is 9.92. The van der Waals surface area contributed by atoms with E-state index in [-0.39, 0.29) is 104 Å². The molecule has 4 N–H and O–H groups in total. The maximum atomic E-state index is 10.8. The molecule has 16 nitrogen and oxygen atoms in total. The predicted molar refractivity (Wildman–Crippen MR) is 171 cm³/mol. The molecule has 0 aliphatic rings. The summed E-state index contributed by atoms with van der Waals surface area (Å²) in [5.41, 5.74) is 0.943. The van der Waals surface area contributed by atoms with Gasteiger partial charge < -0.3 is 25.5 Å². The molecule has 0 atom stereocenters. The van der Waals surface area contributed by atoms with Crippen molar-refractivity contribution in [3.63, 3.8) is 0 Å². The van der Waals surface area contributed by atoms with Crippen LogP contribution in [0.2, 0.25) is 0 Å². The van der Waals surface area contributed by atoms with Gasteiger partial charge in [-0.2, -0.15) is 4.68 Å². The van der Waals surface area contributed by atoms with E-state index in [1.165, 1.54) is 22.9 Å². The number of benzene rings is 5. The van der Waals surface area contributed by atoms with Crippen LogP contribution >= 0.6 is 0 Å². The Kier molecular flexibility index (Phi) is 13.3. The Morgan fingerprint density at radius 1 is 0.640 bits per heavy atom. The molecule has 0 bridgehead atoms. The average Bonchev–Trinajstić information content (AvgIpc) is 3.37. The van der Waals surface area contributed by atoms with E-state index >= 15 is 0 Å². The van der Waals surface area contributed by atoms with E-state index in [4.69, 9.17) is 0 Å². The first kappa shape index (κ1) is 38.7. The molecule has 6 aromatic rings. The average molecular weight is 724 g/mol. The van der Waals surface area contributed by atoms with Crippen molar-refractivity contribution in [1.82, 2.24) is 5.10 Å². The summed E-state index contributed by atoms with van der Waals surface area (Å²) in [6.45, 7) is 1.64. The number of hydrogen-bond donors (Lipinski definition) is 4. The van der Waals surface area contributed by atoms with E-state index in [0.717, 1.165) is 29.7 Å². The summed E-state index contributed by atoms with van der Waals surface area (Å²) in [4.78, 5) is 20.2. The smallest absolute Gasteiger partial charge is 0.506 e. The molecule has 50 heavy (non-hydrogen) atoms. The van der Waals surface area contributed by atoms with E-state index in [9.17, 15) is 40.7 Å². The number of phenols is 3. The number of non-ortho nitro benzene ring substituents is 2. The van der Waals surface area contributed by atoms with Crippen LogP contribution in [0.4, 0.5) is 34.1 Å². The van der Waals surface area contributed by atoms with Gasteiger partial charge in [-0.15, -0.1) is 20.5 Å². The van der Waals surface area contributed by atoms with Gasteiger partial charge in [0.25, 0.3) is 11.4 Å². The maximum absolute atomic E-state index is 10.8. The molecule has 0 fully saturated rings. The number of nitro groups is 2. The first-order valence-electron chi connectivity index (χ1n) is 13.9. The Hall–Kier alpha value is -5.70.